The molecule has 18 heavy (non-hydrogen) atoms. The normalized spacial score (nSPS) is 11.3. The molecule has 1 N–H and O–H groups in total. The summed E-state index contributed by atoms with van der Waals surface area (Å²) < 4.78 is 1.28. The van der Waals surface area contributed by atoms with Crippen LogP contribution >= 0.6 is 11.3 Å². The van der Waals surface area contributed by atoms with Crippen LogP contribution in [-0.4, -0.2) is 4.98 Å². The number of H-pyrrole nitrogens is 1. The average Bonchev–Trinajstić information content (AvgIpc) is 3.02. The van der Waals surface area contributed by atoms with Crippen LogP contribution in [0, 0.1) is 5.38 Å². The van der Waals surface area contributed by atoms with E-state index >= 15 is 0 Å². The SMILES string of the molecule is [c]1sc2ccccc2c1-c1cc2ccccc2[nH]1. The molecule has 2 heteroatoms. The summed E-state index contributed by atoms with van der Waals surface area (Å²) in [6.45, 7) is 0. The van der Waals surface area contributed by atoms with Crippen LogP contribution in [0.15, 0.2) is 54.6 Å². The predicted octanol–water partition coefficient (Wildman–Crippen LogP) is 4.85. The van der Waals surface area contributed by atoms with Gasteiger partial charge in [0.2, 0.25) is 0 Å². The third-order valence-corrected chi connectivity index (χ3v) is 4.10. The number of benzene rings is 2. The minimum Gasteiger partial charge on any atom is -0.354 e. The Kier molecular flexibility index (Phi) is 2.05. The van der Waals surface area contributed by atoms with E-state index in [1.165, 1.54) is 26.6 Å². The molecular weight excluding hydrogens is 238 g/mol. The lowest BCUT2D eigenvalue weighted by Gasteiger charge is -1.94. The molecular formula is C16H10NS. The van der Waals surface area contributed by atoms with Crippen LogP contribution in [0.25, 0.3) is 32.2 Å². The lowest BCUT2D eigenvalue weighted by Crippen LogP contribution is -1.73. The Hall–Kier alpha value is -2.06. The van der Waals surface area contributed by atoms with Gasteiger partial charge in [0.15, 0.2) is 0 Å². The van der Waals surface area contributed by atoms with Gasteiger partial charge in [0.25, 0.3) is 0 Å². The summed E-state index contributed by atoms with van der Waals surface area (Å²) >= 11 is 1.67. The second-order valence-electron chi connectivity index (χ2n) is 4.35. The van der Waals surface area contributed by atoms with Gasteiger partial charge in [-0.1, -0.05) is 36.4 Å². The molecule has 4 aromatic rings. The number of fused-ring (bicyclic) bond motifs is 2. The number of rotatable bonds is 1. The van der Waals surface area contributed by atoms with Crippen molar-refractivity contribution in [2.45, 2.75) is 0 Å². The Morgan fingerprint density at radius 2 is 1.78 bits per heavy atom. The number of nitrogens with one attached hydrogen (secondary N) is 1. The summed E-state index contributed by atoms with van der Waals surface area (Å²) in [4.78, 5) is 3.47. The first kappa shape index (κ1) is 9.92. The van der Waals surface area contributed by atoms with Gasteiger partial charge in [0.05, 0.1) is 5.38 Å². The highest BCUT2D eigenvalue weighted by Gasteiger charge is 2.08. The number of aromatic nitrogens is 1. The van der Waals surface area contributed by atoms with Crippen molar-refractivity contribution < 1.29 is 0 Å². The van der Waals surface area contributed by atoms with Crippen molar-refractivity contribution in [1.29, 1.82) is 0 Å². The van der Waals surface area contributed by atoms with Crippen molar-refractivity contribution in [3.05, 3.63) is 60.0 Å². The summed E-state index contributed by atoms with van der Waals surface area (Å²) in [6, 6.07) is 19.0. The highest BCUT2D eigenvalue weighted by Crippen LogP contribution is 2.34. The molecule has 0 fully saturated rings. The molecule has 85 valence electrons. The largest absolute Gasteiger partial charge is 0.354 e. The van der Waals surface area contributed by atoms with Gasteiger partial charge in [0, 0.05) is 32.2 Å². The first-order valence-electron chi connectivity index (χ1n) is 5.89. The van der Waals surface area contributed by atoms with E-state index in [4.69, 9.17) is 0 Å². The molecule has 0 saturated heterocycles. The summed E-state index contributed by atoms with van der Waals surface area (Å²) in [6.07, 6.45) is 0. The first-order chi connectivity index (χ1) is 8.92. The Morgan fingerprint density at radius 3 is 2.72 bits per heavy atom. The zero-order chi connectivity index (χ0) is 11.9. The zero-order valence-electron chi connectivity index (χ0n) is 9.60. The van der Waals surface area contributed by atoms with Gasteiger partial charge in [0.1, 0.15) is 0 Å². The number of hydrogen-bond donors (Lipinski definition) is 1. The van der Waals surface area contributed by atoms with E-state index in [1.807, 2.05) is 0 Å². The van der Waals surface area contributed by atoms with Gasteiger partial charge in [-0.05, 0) is 18.2 Å². The van der Waals surface area contributed by atoms with E-state index < -0.39 is 0 Å². The molecule has 0 saturated carbocycles. The lowest BCUT2D eigenvalue weighted by molar-refractivity contribution is 1.47. The highest BCUT2D eigenvalue weighted by atomic mass is 32.1. The van der Waals surface area contributed by atoms with Gasteiger partial charge in [-0.2, -0.15) is 0 Å². The minimum atomic E-state index is 1.15. The molecule has 0 spiro atoms. The van der Waals surface area contributed by atoms with Gasteiger partial charge in [-0.25, -0.2) is 0 Å². The summed E-state index contributed by atoms with van der Waals surface area (Å²) in [5.74, 6) is 0. The Morgan fingerprint density at radius 1 is 0.944 bits per heavy atom. The molecule has 0 bridgehead atoms. The van der Waals surface area contributed by atoms with Gasteiger partial charge < -0.3 is 4.98 Å². The second-order valence-corrected chi connectivity index (χ2v) is 5.19. The molecule has 2 aromatic carbocycles. The maximum absolute atomic E-state index is 3.47. The Bertz CT molecular complexity index is 805. The quantitative estimate of drug-likeness (QED) is 0.495. The number of para-hydroxylation sites is 1. The van der Waals surface area contributed by atoms with Crippen molar-refractivity contribution >= 4 is 32.3 Å². The van der Waals surface area contributed by atoms with E-state index in [1.54, 1.807) is 11.3 Å². The van der Waals surface area contributed by atoms with Crippen molar-refractivity contribution in [3.8, 4) is 11.3 Å². The fourth-order valence-corrected chi connectivity index (χ4v) is 3.19. The smallest absolute Gasteiger partial charge is 0.0555 e. The molecule has 0 aliphatic heterocycles. The van der Waals surface area contributed by atoms with Crippen molar-refractivity contribution in [2.75, 3.05) is 0 Å². The summed E-state index contributed by atoms with van der Waals surface area (Å²) in [7, 11) is 0. The van der Waals surface area contributed by atoms with Crippen molar-refractivity contribution in [3.63, 3.8) is 0 Å². The molecule has 0 amide bonds. The maximum Gasteiger partial charge on any atom is 0.0555 e. The van der Waals surface area contributed by atoms with Crippen LogP contribution in [0.4, 0.5) is 0 Å². The van der Waals surface area contributed by atoms with Crippen LogP contribution in [0.3, 0.4) is 0 Å². The number of hydrogen-bond acceptors (Lipinski definition) is 1. The van der Waals surface area contributed by atoms with Crippen LogP contribution in [-0.2, 0) is 0 Å². The highest BCUT2D eigenvalue weighted by molar-refractivity contribution is 7.17. The molecule has 4 rings (SSSR count). The minimum absolute atomic E-state index is 1.15. The molecule has 0 atom stereocenters. The number of aromatic amines is 1. The van der Waals surface area contributed by atoms with Crippen LogP contribution < -0.4 is 0 Å². The predicted molar refractivity (Wildman–Crippen MR) is 78.0 cm³/mol. The monoisotopic (exact) mass is 248 g/mol. The molecule has 0 unspecified atom stereocenters. The lowest BCUT2D eigenvalue weighted by atomic mass is 10.1. The van der Waals surface area contributed by atoms with E-state index in [-0.39, 0.29) is 0 Å². The van der Waals surface area contributed by atoms with E-state index in [0.29, 0.717) is 0 Å². The maximum atomic E-state index is 3.47. The molecule has 1 nitrogen and oxygen atoms in total. The van der Waals surface area contributed by atoms with E-state index in [9.17, 15) is 0 Å². The second kappa shape index (κ2) is 3.72. The van der Waals surface area contributed by atoms with Crippen LogP contribution in [0.1, 0.15) is 0 Å². The third kappa shape index (κ3) is 1.39. The summed E-state index contributed by atoms with van der Waals surface area (Å²) in [5.41, 5.74) is 3.50. The van der Waals surface area contributed by atoms with E-state index in [2.05, 4.69) is 65.0 Å². The molecule has 0 aliphatic carbocycles. The molecule has 2 heterocycles. The molecule has 1 radical (unpaired) electrons. The van der Waals surface area contributed by atoms with Crippen LogP contribution in [0.2, 0.25) is 0 Å². The number of thiophene rings is 1. The molecule has 2 aromatic heterocycles. The van der Waals surface area contributed by atoms with E-state index in [0.717, 1.165) is 5.69 Å². The van der Waals surface area contributed by atoms with Crippen LogP contribution in [0.5, 0.6) is 0 Å². The fourth-order valence-electron chi connectivity index (χ4n) is 2.33. The first-order valence-corrected chi connectivity index (χ1v) is 6.71. The zero-order valence-corrected chi connectivity index (χ0v) is 10.4. The average molecular weight is 248 g/mol. The van der Waals surface area contributed by atoms with Crippen molar-refractivity contribution in [1.82, 2.24) is 4.98 Å². The standard InChI is InChI=1S/C16H10NS/c1-3-7-14-11(5-1)9-15(17-14)13-10-18-16-8-4-2-6-12(13)16/h1-9,17H. The Balaban J connectivity index is 2.01. The van der Waals surface area contributed by atoms with Gasteiger partial charge in [-0.3, -0.25) is 0 Å². The van der Waals surface area contributed by atoms with Gasteiger partial charge in [-0.15, -0.1) is 11.3 Å². The summed E-state index contributed by atoms with van der Waals surface area (Å²) in [5, 5.41) is 5.92. The fraction of sp³-hybridized carbons (Fsp3) is 0. The molecule has 0 aliphatic rings. The Labute approximate surface area is 109 Å². The topological polar surface area (TPSA) is 15.8 Å². The van der Waals surface area contributed by atoms with Crippen molar-refractivity contribution in [2.24, 2.45) is 0 Å². The third-order valence-electron chi connectivity index (χ3n) is 3.22. The van der Waals surface area contributed by atoms with Gasteiger partial charge >= 0.3 is 0 Å².